The van der Waals surface area contributed by atoms with Crippen molar-refractivity contribution in [1.29, 1.82) is 0 Å². The summed E-state index contributed by atoms with van der Waals surface area (Å²) in [4.78, 5) is 12.1. The molecule has 0 aliphatic rings. The Morgan fingerprint density at radius 1 is 1.13 bits per heavy atom. The van der Waals surface area contributed by atoms with E-state index < -0.39 is 0 Å². The molecular weight excluding hydrogens is 355 g/mol. The van der Waals surface area contributed by atoms with Crippen LogP contribution in [-0.4, -0.2) is 17.6 Å². The number of benzene rings is 2. The van der Waals surface area contributed by atoms with Crippen molar-refractivity contribution < 1.29 is 9.53 Å². The SMILES string of the molecule is CCOc1ccc(C(=O)NC(=S)Nc2cc(Cl)cc(Cl)c2)cc1. The molecule has 23 heavy (non-hydrogen) atoms. The largest absolute Gasteiger partial charge is 0.494 e. The maximum absolute atomic E-state index is 12.1. The van der Waals surface area contributed by atoms with Gasteiger partial charge in [-0.15, -0.1) is 0 Å². The normalized spacial score (nSPS) is 10.0. The molecule has 0 aliphatic heterocycles. The van der Waals surface area contributed by atoms with Crippen LogP contribution in [0.3, 0.4) is 0 Å². The van der Waals surface area contributed by atoms with Crippen molar-refractivity contribution >= 4 is 52.1 Å². The molecule has 2 rings (SSSR count). The predicted molar refractivity (Wildman–Crippen MR) is 97.8 cm³/mol. The number of amides is 1. The summed E-state index contributed by atoms with van der Waals surface area (Å²) >= 11 is 16.9. The first-order valence-corrected chi connectivity index (χ1v) is 7.95. The molecule has 0 saturated carbocycles. The average molecular weight is 369 g/mol. The summed E-state index contributed by atoms with van der Waals surface area (Å²) in [5.74, 6) is 0.386. The Kier molecular flexibility index (Phi) is 6.21. The van der Waals surface area contributed by atoms with E-state index in [1.54, 1.807) is 42.5 Å². The molecule has 0 unspecified atom stereocenters. The van der Waals surface area contributed by atoms with E-state index in [2.05, 4.69) is 10.6 Å². The lowest BCUT2D eigenvalue weighted by Gasteiger charge is -2.10. The third kappa shape index (κ3) is 5.39. The number of halogens is 2. The second-order valence-corrected chi connectivity index (χ2v) is 5.80. The van der Waals surface area contributed by atoms with Gasteiger partial charge in [0.25, 0.3) is 5.91 Å². The van der Waals surface area contributed by atoms with Crippen LogP contribution in [0.25, 0.3) is 0 Å². The summed E-state index contributed by atoms with van der Waals surface area (Å²) in [6.45, 7) is 2.47. The molecule has 0 heterocycles. The van der Waals surface area contributed by atoms with E-state index in [1.807, 2.05) is 6.92 Å². The standard InChI is InChI=1S/C16H14Cl2N2O2S/c1-2-22-14-5-3-10(4-6-14)15(21)20-16(23)19-13-8-11(17)7-12(18)9-13/h3-9H,2H2,1H3,(H2,19,20,21,23). The van der Waals surface area contributed by atoms with Crippen LogP contribution in [0.4, 0.5) is 5.69 Å². The van der Waals surface area contributed by atoms with Gasteiger partial charge in [-0.05, 0) is 61.6 Å². The third-order valence-corrected chi connectivity index (χ3v) is 3.42. The molecule has 7 heteroatoms. The Labute approximate surface area is 149 Å². The van der Waals surface area contributed by atoms with Crippen LogP contribution >= 0.6 is 35.4 Å². The predicted octanol–water partition coefficient (Wildman–Crippen LogP) is 4.52. The first-order chi connectivity index (χ1) is 11.0. The molecule has 2 aromatic rings. The number of hydrogen-bond donors (Lipinski definition) is 2. The van der Waals surface area contributed by atoms with Crippen LogP contribution in [0, 0.1) is 0 Å². The summed E-state index contributed by atoms with van der Waals surface area (Å²) in [7, 11) is 0. The van der Waals surface area contributed by atoms with Gasteiger partial charge in [0.05, 0.1) is 6.61 Å². The first-order valence-electron chi connectivity index (χ1n) is 6.79. The minimum atomic E-state index is -0.321. The lowest BCUT2D eigenvalue weighted by atomic mass is 10.2. The zero-order valence-corrected chi connectivity index (χ0v) is 14.6. The van der Waals surface area contributed by atoms with Crippen molar-refractivity contribution in [1.82, 2.24) is 5.32 Å². The van der Waals surface area contributed by atoms with E-state index in [0.29, 0.717) is 33.7 Å². The van der Waals surface area contributed by atoms with Crippen molar-refractivity contribution in [3.63, 3.8) is 0 Å². The van der Waals surface area contributed by atoms with Gasteiger partial charge in [-0.3, -0.25) is 10.1 Å². The minimum absolute atomic E-state index is 0.155. The average Bonchev–Trinajstić information content (AvgIpc) is 2.47. The zero-order valence-electron chi connectivity index (χ0n) is 12.2. The van der Waals surface area contributed by atoms with Gasteiger partial charge in [-0.25, -0.2) is 0 Å². The van der Waals surface area contributed by atoms with E-state index in [4.69, 9.17) is 40.2 Å². The molecule has 2 N–H and O–H groups in total. The lowest BCUT2D eigenvalue weighted by molar-refractivity contribution is 0.0977. The Morgan fingerprint density at radius 2 is 1.74 bits per heavy atom. The van der Waals surface area contributed by atoms with E-state index in [9.17, 15) is 4.79 Å². The molecule has 0 bridgehead atoms. The minimum Gasteiger partial charge on any atom is -0.494 e. The van der Waals surface area contributed by atoms with Crippen molar-refractivity contribution in [2.45, 2.75) is 6.92 Å². The number of rotatable bonds is 4. The highest BCUT2D eigenvalue weighted by Gasteiger charge is 2.09. The molecule has 1 amide bonds. The van der Waals surface area contributed by atoms with Crippen molar-refractivity contribution in [3.8, 4) is 5.75 Å². The summed E-state index contributed by atoms with van der Waals surface area (Å²) in [5, 5.41) is 6.55. The van der Waals surface area contributed by atoms with Crippen molar-refractivity contribution in [2.75, 3.05) is 11.9 Å². The van der Waals surface area contributed by atoms with Gasteiger partial charge >= 0.3 is 0 Å². The highest BCUT2D eigenvalue weighted by Crippen LogP contribution is 2.22. The van der Waals surface area contributed by atoms with E-state index in [-0.39, 0.29) is 11.0 Å². The fourth-order valence-electron chi connectivity index (χ4n) is 1.83. The number of ether oxygens (including phenoxy) is 1. The molecule has 0 spiro atoms. The van der Waals surface area contributed by atoms with E-state index >= 15 is 0 Å². The fraction of sp³-hybridized carbons (Fsp3) is 0.125. The summed E-state index contributed by atoms with van der Waals surface area (Å²) < 4.78 is 5.33. The number of nitrogens with one attached hydrogen (secondary N) is 2. The van der Waals surface area contributed by atoms with Crippen LogP contribution in [0.2, 0.25) is 10.0 Å². The number of hydrogen-bond acceptors (Lipinski definition) is 3. The maximum atomic E-state index is 12.1. The second kappa shape index (κ2) is 8.15. The molecule has 0 aromatic heterocycles. The smallest absolute Gasteiger partial charge is 0.257 e. The Hall–Kier alpha value is -1.82. The van der Waals surface area contributed by atoms with Gasteiger partial charge in [-0.1, -0.05) is 23.2 Å². The van der Waals surface area contributed by atoms with Gasteiger partial charge in [0.1, 0.15) is 5.75 Å². The molecule has 2 aromatic carbocycles. The first kappa shape index (κ1) is 17.5. The number of carbonyl (C=O) groups is 1. The van der Waals surface area contributed by atoms with Crippen LogP contribution < -0.4 is 15.4 Å². The highest BCUT2D eigenvalue weighted by atomic mass is 35.5. The Morgan fingerprint density at radius 3 is 2.30 bits per heavy atom. The number of anilines is 1. The Bertz CT molecular complexity index is 700. The second-order valence-electron chi connectivity index (χ2n) is 4.52. The monoisotopic (exact) mass is 368 g/mol. The molecule has 0 radical (unpaired) electrons. The fourth-order valence-corrected chi connectivity index (χ4v) is 2.57. The van der Waals surface area contributed by atoms with Crippen molar-refractivity contribution in [2.24, 2.45) is 0 Å². The summed E-state index contributed by atoms with van der Waals surface area (Å²) in [5.41, 5.74) is 1.07. The van der Waals surface area contributed by atoms with E-state index in [1.165, 1.54) is 0 Å². The van der Waals surface area contributed by atoms with Gasteiger partial charge in [0.15, 0.2) is 5.11 Å². The van der Waals surface area contributed by atoms with Crippen LogP contribution in [0.15, 0.2) is 42.5 Å². The maximum Gasteiger partial charge on any atom is 0.257 e. The molecule has 0 saturated heterocycles. The topological polar surface area (TPSA) is 50.4 Å². The van der Waals surface area contributed by atoms with Gasteiger partial charge < -0.3 is 10.1 Å². The van der Waals surface area contributed by atoms with E-state index in [0.717, 1.165) is 0 Å². The van der Waals surface area contributed by atoms with Gasteiger partial charge in [-0.2, -0.15) is 0 Å². The Balaban J connectivity index is 1.97. The van der Waals surface area contributed by atoms with Gasteiger partial charge in [0, 0.05) is 21.3 Å². The number of carbonyl (C=O) groups excluding carboxylic acids is 1. The quantitative estimate of drug-likeness (QED) is 0.779. The zero-order chi connectivity index (χ0) is 16.8. The molecule has 0 aliphatic carbocycles. The molecule has 0 fully saturated rings. The summed E-state index contributed by atoms with van der Waals surface area (Å²) in [6.07, 6.45) is 0. The van der Waals surface area contributed by atoms with Crippen molar-refractivity contribution in [3.05, 3.63) is 58.1 Å². The summed E-state index contributed by atoms with van der Waals surface area (Å²) in [6, 6.07) is 11.7. The van der Waals surface area contributed by atoms with Crippen LogP contribution in [-0.2, 0) is 0 Å². The van der Waals surface area contributed by atoms with Crippen LogP contribution in [0.1, 0.15) is 17.3 Å². The highest BCUT2D eigenvalue weighted by molar-refractivity contribution is 7.80. The molecule has 0 atom stereocenters. The van der Waals surface area contributed by atoms with Crippen LogP contribution in [0.5, 0.6) is 5.75 Å². The van der Waals surface area contributed by atoms with Gasteiger partial charge in [0.2, 0.25) is 0 Å². The number of thiocarbonyl (C=S) groups is 1. The molecule has 120 valence electrons. The third-order valence-electron chi connectivity index (χ3n) is 2.77. The molecule has 4 nitrogen and oxygen atoms in total. The lowest BCUT2D eigenvalue weighted by Crippen LogP contribution is -2.34. The molecular formula is C16H14Cl2N2O2S.